The summed E-state index contributed by atoms with van der Waals surface area (Å²) in [6.07, 6.45) is 4.74. The van der Waals surface area contributed by atoms with Crippen molar-refractivity contribution in [3.8, 4) is 0 Å². The number of likely N-dealkylation sites (tertiary alicyclic amines) is 1. The summed E-state index contributed by atoms with van der Waals surface area (Å²) in [7, 11) is 0. The highest BCUT2D eigenvalue weighted by Crippen LogP contribution is 2.24. The Kier molecular flexibility index (Phi) is 5.08. The highest BCUT2D eigenvalue weighted by molar-refractivity contribution is 5.76. The van der Waals surface area contributed by atoms with Crippen molar-refractivity contribution in [2.24, 2.45) is 11.8 Å². The minimum Gasteiger partial charge on any atom is -0.381 e. The quantitative estimate of drug-likeness (QED) is 0.856. The molecule has 1 aromatic carbocycles. The Balaban J connectivity index is 1.43. The van der Waals surface area contributed by atoms with Gasteiger partial charge in [-0.25, -0.2) is 4.39 Å². The highest BCUT2D eigenvalue weighted by atomic mass is 19.1. The number of hydrogen-bond acceptors (Lipinski definition) is 2. The molecule has 2 saturated heterocycles. The van der Waals surface area contributed by atoms with E-state index in [1.165, 1.54) is 17.7 Å². The zero-order valence-corrected chi connectivity index (χ0v) is 13.0. The van der Waals surface area contributed by atoms with Gasteiger partial charge in [0, 0.05) is 32.7 Å². The van der Waals surface area contributed by atoms with Crippen LogP contribution in [0.1, 0.15) is 31.2 Å². The number of benzene rings is 1. The summed E-state index contributed by atoms with van der Waals surface area (Å²) < 4.78 is 18.3. The van der Waals surface area contributed by atoms with Crippen molar-refractivity contribution < 1.29 is 13.9 Å². The largest absolute Gasteiger partial charge is 0.381 e. The third-order valence-electron chi connectivity index (χ3n) is 4.89. The number of piperidine rings is 1. The van der Waals surface area contributed by atoms with Gasteiger partial charge < -0.3 is 9.64 Å². The Morgan fingerprint density at radius 3 is 2.50 bits per heavy atom. The van der Waals surface area contributed by atoms with Crippen molar-refractivity contribution in [2.45, 2.75) is 32.1 Å². The van der Waals surface area contributed by atoms with Gasteiger partial charge in [0.05, 0.1) is 0 Å². The predicted molar refractivity (Wildman–Crippen MR) is 83.0 cm³/mol. The van der Waals surface area contributed by atoms with E-state index in [9.17, 15) is 9.18 Å². The molecule has 3 rings (SSSR count). The van der Waals surface area contributed by atoms with Crippen molar-refractivity contribution in [3.05, 3.63) is 35.6 Å². The van der Waals surface area contributed by atoms with E-state index in [4.69, 9.17) is 4.74 Å². The van der Waals surface area contributed by atoms with E-state index in [2.05, 4.69) is 0 Å². The summed E-state index contributed by atoms with van der Waals surface area (Å²) in [5.74, 6) is 1.13. The summed E-state index contributed by atoms with van der Waals surface area (Å²) in [5.41, 5.74) is 1.19. The van der Waals surface area contributed by atoms with Gasteiger partial charge in [0.15, 0.2) is 0 Å². The van der Waals surface area contributed by atoms with Crippen LogP contribution in [0.25, 0.3) is 0 Å². The first kappa shape index (κ1) is 15.5. The second-order valence-electron chi connectivity index (χ2n) is 6.59. The molecule has 0 N–H and O–H groups in total. The number of carbonyl (C=O) groups excluding carboxylic acids is 1. The SMILES string of the molecule is O=C(CC1CCOC1)N1CCC(Cc2ccc(F)cc2)CC1. The maximum absolute atomic E-state index is 12.9. The molecular formula is C18H24FNO2. The van der Waals surface area contributed by atoms with Crippen molar-refractivity contribution in [1.82, 2.24) is 4.90 Å². The number of hydrogen-bond donors (Lipinski definition) is 0. The molecule has 1 atom stereocenters. The third-order valence-corrected chi connectivity index (χ3v) is 4.89. The van der Waals surface area contributed by atoms with Crippen LogP contribution >= 0.6 is 0 Å². The van der Waals surface area contributed by atoms with Crippen LogP contribution < -0.4 is 0 Å². The van der Waals surface area contributed by atoms with Gasteiger partial charge in [-0.15, -0.1) is 0 Å². The topological polar surface area (TPSA) is 29.5 Å². The van der Waals surface area contributed by atoms with Crippen LogP contribution in [0.4, 0.5) is 4.39 Å². The first-order valence-corrected chi connectivity index (χ1v) is 8.30. The molecule has 0 aliphatic carbocycles. The number of nitrogens with zero attached hydrogens (tertiary/aromatic N) is 1. The van der Waals surface area contributed by atoms with E-state index >= 15 is 0 Å². The van der Waals surface area contributed by atoms with Crippen molar-refractivity contribution in [3.63, 3.8) is 0 Å². The summed E-state index contributed by atoms with van der Waals surface area (Å²) in [6.45, 7) is 3.26. The van der Waals surface area contributed by atoms with Gasteiger partial charge in [-0.3, -0.25) is 4.79 Å². The van der Waals surface area contributed by atoms with E-state index in [0.29, 0.717) is 18.3 Å². The predicted octanol–water partition coefficient (Wildman–Crippen LogP) is 3.03. The second-order valence-corrected chi connectivity index (χ2v) is 6.59. The molecule has 22 heavy (non-hydrogen) atoms. The maximum atomic E-state index is 12.9. The minimum atomic E-state index is -0.181. The Labute approximate surface area is 131 Å². The van der Waals surface area contributed by atoms with Crippen molar-refractivity contribution in [1.29, 1.82) is 0 Å². The monoisotopic (exact) mass is 305 g/mol. The number of rotatable bonds is 4. The molecule has 0 saturated carbocycles. The van der Waals surface area contributed by atoms with Crippen LogP contribution in [-0.4, -0.2) is 37.1 Å². The summed E-state index contributed by atoms with van der Waals surface area (Å²) >= 11 is 0. The van der Waals surface area contributed by atoms with Crippen LogP contribution in [-0.2, 0) is 16.0 Å². The number of ether oxygens (including phenoxy) is 1. The molecule has 2 aliphatic heterocycles. The molecule has 0 radical (unpaired) electrons. The average molecular weight is 305 g/mol. The zero-order chi connectivity index (χ0) is 15.4. The molecule has 0 aromatic heterocycles. The molecule has 0 bridgehead atoms. The lowest BCUT2D eigenvalue weighted by atomic mass is 9.90. The van der Waals surface area contributed by atoms with E-state index in [0.717, 1.165) is 52.0 Å². The van der Waals surface area contributed by atoms with Gasteiger partial charge in [0.1, 0.15) is 5.82 Å². The Morgan fingerprint density at radius 2 is 1.86 bits per heavy atom. The van der Waals surface area contributed by atoms with Crippen LogP contribution in [0.5, 0.6) is 0 Å². The summed E-state index contributed by atoms with van der Waals surface area (Å²) in [4.78, 5) is 14.3. The van der Waals surface area contributed by atoms with Gasteiger partial charge in [-0.2, -0.15) is 0 Å². The third kappa shape index (κ3) is 4.07. The molecule has 2 fully saturated rings. The van der Waals surface area contributed by atoms with E-state index < -0.39 is 0 Å². The molecule has 2 aliphatic rings. The molecule has 1 aromatic rings. The number of halogens is 1. The molecular weight excluding hydrogens is 281 g/mol. The van der Waals surface area contributed by atoms with Gasteiger partial charge in [-0.05, 0) is 55.2 Å². The fraction of sp³-hybridized carbons (Fsp3) is 0.611. The molecule has 1 unspecified atom stereocenters. The normalized spacial score (nSPS) is 23.0. The van der Waals surface area contributed by atoms with Crippen LogP contribution in [0.3, 0.4) is 0 Å². The Morgan fingerprint density at radius 1 is 1.14 bits per heavy atom. The Bertz CT molecular complexity index is 488. The average Bonchev–Trinajstić information content (AvgIpc) is 3.03. The fourth-order valence-electron chi connectivity index (χ4n) is 3.46. The smallest absolute Gasteiger partial charge is 0.222 e. The molecule has 120 valence electrons. The first-order valence-electron chi connectivity index (χ1n) is 8.30. The van der Waals surface area contributed by atoms with E-state index in [1.807, 2.05) is 17.0 Å². The number of amides is 1. The molecule has 1 amide bonds. The molecule has 4 heteroatoms. The molecule has 3 nitrogen and oxygen atoms in total. The lowest BCUT2D eigenvalue weighted by Gasteiger charge is -2.32. The van der Waals surface area contributed by atoms with Crippen LogP contribution in [0, 0.1) is 17.7 Å². The minimum absolute atomic E-state index is 0.181. The van der Waals surface area contributed by atoms with Gasteiger partial charge in [-0.1, -0.05) is 12.1 Å². The van der Waals surface area contributed by atoms with Gasteiger partial charge in [0.25, 0.3) is 0 Å². The zero-order valence-electron chi connectivity index (χ0n) is 13.0. The lowest BCUT2D eigenvalue weighted by Crippen LogP contribution is -2.39. The Hall–Kier alpha value is -1.42. The van der Waals surface area contributed by atoms with Crippen LogP contribution in [0.15, 0.2) is 24.3 Å². The highest BCUT2D eigenvalue weighted by Gasteiger charge is 2.26. The summed E-state index contributed by atoms with van der Waals surface area (Å²) in [5, 5.41) is 0. The van der Waals surface area contributed by atoms with Crippen molar-refractivity contribution >= 4 is 5.91 Å². The second kappa shape index (κ2) is 7.23. The first-order chi connectivity index (χ1) is 10.7. The summed E-state index contributed by atoms with van der Waals surface area (Å²) in [6, 6.07) is 6.79. The molecule has 2 heterocycles. The standard InChI is InChI=1S/C18H24FNO2/c19-17-3-1-14(2-4-17)11-15-5-8-20(9-6-15)18(21)12-16-7-10-22-13-16/h1-4,15-16H,5-13H2. The van der Waals surface area contributed by atoms with E-state index in [1.54, 1.807) is 0 Å². The molecule has 0 spiro atoms. The maximum Gasteiger partial charge on any atom is 0.222 e. The van der Waals surface area contributed by atoms with Gasteiger partial charge >= 0.3 is 0 Å². The van der Waals surface area contributed by atoms with Crippen molar-refractivity contribution in [2.75, 3.05) is 26.3 Å². The van der Waals surface area contributed by atoms with E-state index in [-0.39, 0.29) is 11.7 Å². The van der Waals surface area contributed by atoms with Gasteiger partial charge in [0.2, 0.25) is 5.91 Å². The number of carbonyl (C=O) groups is 1. The fourth-order valence-corrected chi connectivity index (χ4v) is 3.46. The lowest BCUT2D eigenvalue weighted by molar-refractivity contribution is -0.133. The van der Waals surface area contributed by atoms with Crippen LogP contribution in [0.2, 0.25) is 0 Å².